The summed E-state index contributed by atoms with van der Waals surface area (Å²) in [5, 5.41) is 8.19. The fourth-order valence-corrected chi connectivity index (χ4v) is 2.59. The minimum atomic E-state index is 0.809. The maximum Gasteiger partial charge on any atom is 0.159 e. The molecule has 0 aliphatic heterocycles. The second-order valence-corrected chi connectivity index (χ2v) is 4.70. The summed E-state index contributed by atoms with van der Waals surface area (Å²) in [5.74, 6) is 0.977. The van der Waals surface area contributed by atoms with Gasteiger partial charge in [-0.15, -0.1) is 10.2 Å². The van der Waals surface area contributed by atoms with Gasteiger partial charge in [-0.2, -0.15) is 0 Å². The van der Waals surface area contributed by atoms with Crippen LogP contribution in [0.2, 0.25) is 0 Å². The van der Waals surface area contributed by atoms with E-state index in [9.17, 15) is 0 Å². The predicted molar refractivity (Wildman–Crippen MR) is 72.5 cm³/mol. The highest BCUT2D eigenvalue weighted by Gasteiger charge is 2.20. The van der Waals surface area contributed by atoms with E-state index in [0.717, 1.165) is 24.4 Å². The molecule has 4 heteroatoms. The molecule has 0 amide bonds. The molecule has 18 heavy (non-hydrogen) atoms. The molecule has 1 heterocycles. The first-order valence-electron chi connectivity index (χ1n) is 6.18. The lowest BCUT2D eigenvalue weighted by Gasteiger charge is -2.08. The van der Waals surface area contributed by atoms with E-state index in [2.05, 4.69) is 16.3 Å². The van der Waals surface area contributed by atoms with Crippen LogP contribution in [0.3, 0.4) is 0 Å². The molecule has 0 fully saturated rings. The summed E-state index contributed by atoms with van der Waals surface area (Å²) in [6.07, 6.45) is 5.08. The van der Waals surface area contributed by atoms with Crippen LogP contribution < -0.4 is 5.73 Å². The fraction of sp³-hybridized carbons (Fsp3) is 0.286. The van der Waals surface area contributed by atoms with Crippen LogP contribution in [-0.2, 0) is 7.05 Å². The van der Waals surface area contributed by atoms with Crippen LogP contribution in [0.1, 0.15) is 30.7 Å². The highest BCUT2D eigenvalue weighted by molar-refractivity contribution is 5.91. The lowest BCUT2D eigenvalue weighted by Crippen LogP contribution is -1.97. The quantitative estimate of drug-likeness (QED) is 0.820. The van der Waals surface area contributed by atoms with E-state index in [1.54, 1.807) is 6.33 Å². The molecule has 0 saturated heterocycles. The number of benzene rings is 1. The van der Waals surface area contributed by atoms with Crippen molar-refractivity contribution in [2.45, 2.75) is 19.3 Å². The molecule has 2 aromatic rings. The molecule has 92 valence electrons. The number of hydrogen-bond donors (Lipinski definition) is 1. The number of allylic oxidation sites excluding steroid dienone is 2. The lowest BCUT2D eigenvalue weighted by molar-refractivity contribution is 0.870. The number of hydrogen-bond acceptors (Lipinski definition) is 3. The van der Waals surface area contributed by atoms with E-state index in [-0.39, 0.29) is 0 Å². The molecule has 3 rings (SSSR count). The van der Waals surface area contributed by atoms with E-state index in [0.29, 0.717) is 0 Å². The number of anilines is 1. The first kappa shape index (κ1) is 11.0. The number of nitrogens with zero attached hydrogens (tertiary/aromatic N) is 3. The zero-order valence-electron chi connectivity index (χ0n) is 10.4. The van der Waals surface area contributed by atoms with Gasteiger partial charge in [0.05, 0.1) is 0 Å². The SMILES string of the molecule is Cn1cnnc1C1=C(c2cccc(N)c2)CCC1. The summed E-state index contributed by atoms with van der Waals surface area (Å²) in [4.78, 5) is 0. The molecule has 0 spiro atoms. The molecule has 0 atom stereocenters. The average molecular weight is 240 g/mol. The van der Waals surface area contributed by atoms with Crippen LogP contribution in [0.4, 0.5) is 5.69 Å². The molecule has 0 bridgehead atoms. The molecule has 1 aromatic heterocycles. The third-order valence-corrected chi connectivity index (χ3v) is 3.43. The van der Waals surface area contributed by atoms with Crippen LogP contribution in [0, 0.1) is 0 Å². The van der Waals surface area contributed by atoms with Crippen molar-refractivity contribution < 1.29 is 0 Å². The Morgan fingerprint density at radius 3 is 2.78 bits per heavy atom. The Balaban J connectivity index is 2.12. The molecule has 1 aliphatic rings. The molecule has 2 N–H and O–H groups in total. The second kappa shape index (κ2) is 4.29. The van der Waals surface area contributed by atoms with E-state index in [4.69, 9.17) is 5.73 Å². The average Bonchev–Trinajstić information content (AvgIpc) is 2.96. The monoisotopic (exact) mass is 240 g/mol. The minimum Gasteiger partial charge on any atom is -0.399 e. The first-order valence-corrected chi connectivity index (χ1v) is 6.18. The van der Waals surface area contributed by atoms with E-state index < -0.39 is 0 Å². The van der Waals surface area contributed by atoms with E-state index in [1.807, 2.05) is 29.8 Å². The van der Waals surface area contributed by atoms with Crippen molar-refractivity contribution in [2.75, 3.05) is 5.73 Å². The van der Waals surface area contributed by atoms with Crippen LogP contribution in [0.25, 0.3) is 11.1 Å². The number of aromatic nitrogens is 3. The molecule has 0 radical (unpaired) electrons. The van der Waals surface area contributed by atoms with Crippen molar-refractivity contribution in [1.82, 2.24) is 14.8 Å². The smallest absolute Gasteiger partial charge is 0.159 e. The predicted octanol–water partition coefficient (Wildman–Crippen LogP) is 2.49. The van der Waals surface area contributed by atoms with Gasteiger partial charge in [0.1, 0.15) is 6.33 Å². The Bertz CT molecular complexity index is 610. The summed E-state index contributed by atoms with van der Waals surface area (Å²) in [5.41, 5.74) is 10.6. The van der Waals surface area contributed by atoms with Crippen LogP contribution in [0.15, 0.2) is 30.6 Å². The molecular weight excluding hydrogens is 224 g/mol. The molecular formula is C14H16N4. The Morgan fingerprint density at radius 1 is 1.22 bits per heavy atom. The number of nitrogens with two attached hydrogens (primary N) is 1. The Hall–Kier alpha value is -2.10. The van der Waals surface area contributed by atoms with Crippen molar-refractivity contribution in [2.24, 2.45) is 7.05 Å². The minimum absolute atomic E-state index is 0.809. The van der Waals surface area contributed by atoms with Crippen molar-refractivity contribution in [3.05, 3.63) is 42.0 Å². The van der Waals surface area contributed by atoms with Crippen LogP contribution >= 0.6 is 0 Å². The first-order chi connectivity index (χ1) is 8.75. The molecule has 0 unspecified atom stereocenters. The summed E-state index contributed by atoms with van der Waals surface area (Å²) in [7, 11) is 1.98. The van der Waals surface area contributed by atoms with Crippen LogP contribution in [-0.4, -0.2) is 14.8 Å². The van der Waals surface area contributed by atoms with Gasteiger partial charge in [0.15, 0.2) is 5.82 Å². The van der Waals surface area contributed by atoms with Crippen molar-refractivity contribution in [3.8, 4) is 0 Å². The van der Waals surface area contributed by atoms with Crippen molar-refractivity contribution in [1.29, 1.82) is 0 Å². The van der Waals surface area contributed by atoms with Gasteiger partial charge in [0.2, 0.25) is 0 Å². The topological polar surface area (TPSA) is 56.7 Å². The van der Waals surface area contributed by atoms with Gasteiger partial charge in [-0.05, 0) is 42.5 Å². The normalized spacial score (nSPS) is 15.4. The summed E-state index contributed by atoms with van der Waals surface area (Å²) < 4.78 is 1.98. The maximum atomic E-state index is 5.86. The second-order valence-electron chi connectivity index (χ2n) is 4.70. The van der Waals surface area contributed by atoms with Gasteiger partial charge in [-0.3, -0.25) is 0 Å². The van der Waals surface area contributed by atoms with E-state index in [1.165, 1.54) is 23.1 Å². The molecule has 1 aromatic carbocycles. The zero-order valence-corrected chi connectivity index (χ0v) is 10.4. The zero-order chi connectivity index (χ0) is 12.5. The molecule has 4 nitrogen and oxygen atoms in total. The van der Waals surface area contributed by atoms with Crippen LogP contribution in [0.5, 0.6) is 0 Å². The van der Waals surface area contributed by atoms with Gasteiger partial charge in [-0.25, -0.2) is 0 Å². The maximum absolute atomic E-state index is 5.86. The fourth-order valence-electron chi connectivity index (χ4n) is 2.59. The Morgan fingerprint density at radius 2 is 2.06 bits per heavy atom. The highest BCUT2D eigenvalue weighted by Crippen LogP contribution is 2.39. The molecule has 1 aliphatic carbocycles. The molecule has 0 saturated carbocycles. The number of aryl methyl sites for hydroxylation is 1. The van der Waals surface area contributed by atoms with Gasteiger partial charge < -0.3 is 10.3 Å². The van der Waals surface area contributed by atoms with Crippen molar-refractivity contribution in [3.63, 3.8) is 0 Å². The third-order valence-electron chi connectivity index (χ3n) is 3.43. The third kappa shape index (κ3) is 1.79. The lowest BCUT2D eigenvalue weighted by atomic mass is 10.0. The number of rotatable bonds is 2. The summed E-state index contributed by atoms with van der Waals surface area (Å²) in [6.45, 7) is 0. The number of nitrogen functional groups attached to an aromatic ring is 1. The largest absolute Gasteiger partial charge is 0.399 e. The van der Waals surface area contributed by atoms with Gasteiger partial charge in [0.25, 0.3) is 0 Å². The Labute approximate surface area is 106 Å². The highest BCUT2D eigenvalue weighted by atomic mass is 15.2. The Kier molecular flexibility index (Phi) is 2.63. The van der Waals surface area contributed by atoms with Crippen molar-refractivity contribution >= 4 is 16.8 Å². The van der Waals surface area contributed by atoms with Gasteiger partial charge in [-0.1, -0.05) is 12.1 Å². The van der Waals surface area contributed by atoms with Gasteiger partial charge in [0, 0.05) is 18.3 Å². The summed E-state index contributed by atoms with van der Waals surface area (Å²) >= 11 is 0. The van der Waals surface area contributed by atoms with E-state index >= 15 is 0 Å². The standard InChI is InChI=1S/C14H16N4/c1-18-9-16-17-14(18)13-7-3-6-12(13)10-4-2-5-11(15)8-10/h2,4-5,8-9H,3,6-7,15H2,1H3. The van der Waals surface area contributed by atoms with Gasteiger partial charge >= 0.3 is 0 Å². The summed E-state index contributed by atoms with van der Waals surface area (Å²) in [6, 6.07) is 8.08.